The van der Waals surface area contributed by atoms with Crippen molar-refractivity contribution >= 4 is 11.9 Å². The first-order valence-electron chi connectivity index (χ1n) is 8.09. The van der Waals surface area contributed by atoms with Gasteiger partial charge in [0.15, 0.2) is 0 Å². The van der Waals surface area contributed by atoms with E-state index in [0.29, 0.717) is 18.1 Å². The number of nitrogens with one attached hydrogen (secondary N) is 2. The second-order valence-corrected chi connectivity index (χ2v) is 6.05. The predicted octanol–water partition coefficient (Wildman–Crippen LogP) is 2.08. The molecule has 0 fully saturated rings. The van der Waals surface area contributed by atoms with E-state index in [1.807, 2.05) is 39.2 Å². The van der Waals surface area contributed by atoms with Crippen molar-refractivity contribution in [1.82, 2.24) is 20.2 Å². The van der Waals surface area contributed by atoms with Crippen LogP contribution in [0.4, 0.5) is 5.95 Å². The van der Waals surface area contributed by atoms with Crippen LogP contribution in [0.1, 0.15) is 27.9 Å². The second kappa shape index (κ2) is 8.98. The molecule has 128 valence electrons. The van der Waals surface area contributed by atoms with Crippen LogP contribution in [0.15, 0.2) is 36.7 Å². The standard InChI is InChI=1S/C18H25N5O/c1-14-6-4-7-15(10-14)11-20-17(24)16-12-21-18(22-13-16)19-8-5-9-23(2)3/h4,6-7,10,12-13H,5,8-9,11H2,1-3H3,(H,20,24)(H,19,21,22). The smallest absolute Gasteiger partial charge is 0.254 e. The summed E-state index contributed by atoms with van der Waals surface area (Å²) in [5.74, 6) is 0.375. The molecule has 1 aromatic carbocycles. The first kappa shape index (κ1) is 17.9. The van der Waals surface area contributed by atoms with E-state index in [-0.39, 0.29) is 5.91 Å². The van der Waals surface area contributed by atoms with E-state index in [4.69, 9.17) is 0 Å². The molecule has 1 heterocycles. The van der Waals surface area contributed by atoms with Crippen LogP contribution in [0.2, 0.25) is 0 Å². The van der Waals surface area contributed by atoms with E-state index in [9.17, 15) is 4.79 Å². The Kier molecular flexibility index (Phi) is 6.69. The topological polar surface area (TPSA) is 70.2 Å². The number of anilines is 1. The molecular formula is C18H25N5O. The summed E-state index contributed by atoms with van der Waals surface area (Å²) in [6, 6.07) is 8.06. The molecule has 0 radical (unpaired) electrons. The van der Waals surface area contributed by atoms with Crippen LogP contribution >= 0.6 is 0 Å². The van der Waals surface area contributed by atoms with Crippen LogP contribution < -0.4 is 10.6 Å². The maximum Gasteiger partial charge on any atom is 0.254 e. The molecule has 0 saturated heterocycles. The molecule has 6 heteroatoms. The highest BCUT2D eigenvalue weighted by Gasteiger charge is 2.07. The van der Waals surface area contributed by atoms with Gasteiger partial charge in [-0.05, 0) is 39.5 Å². The number of benzene rings is 1. The van der Waals surface area contributed by atoms with Gasteiger partial charge in [0.1, 0.15) is 0 Å². The molecule has 2 N–H and O–H groups in total. The highest BCUT2D eigenvalue weighted by Crippen LogP contribution is 2.05. The molecule has 6 nitrogen and oxygen atoms in total. The van der Waals surface area contributed by atoms with E-state index < -0.39 is 0 Å². The minimum absolute atomic E-state index is 0.171. The van der Waals surface area contributed by atoms with Crippen molar-refractivity contribution in [3.63, 3.8) is 0 Å². The molecule has 0 atom stereocenters. The number of hydrogen-bond donors (Lipinski definition) is 2. The first-order chi connectivity index (χ1) is 11.5. The lowest BCUT2D eigenvalue weighted by Crippen LogP contribution is -2.23. The van der Waals surface area contributed by atoms with Crippen molar-refractivity contribution in [2.45, 2.75) is 19.9 Å². The summed E-state index contributed by atoms with van der Waals surface area (Å²) in [6.07, 6.45) is 4.11. The highest BCUT2D eigenvalue weighted by atomic mass is 16.1. The Labute approximate surface area is 143 Å². The van der Waals surface area contributed by atoms with Crippen molar-refractivity contribution < 1.29 is 4.79 Å². The number of carbonyl (C=O) groups is 1. The van der Waals surface area contributed by atoms with E-state index >= 15 is 0 Å². The van der Waals surface area contributed by atoms with Gasteiger partial charge in [-0.1, -0.05) is 29.8 Å². The first-order valence-corrected chi connectivity index (χ1v) is 8.09. The van der Waals surface area contributed by atoms with Gasteiger partial charge in [-0.15, -0.1) is 0 Å². The minimum Gasteiger partial charge on any atom is -0.354 e. The largest absolute Gasteiger partial charge is 0.354 e. The zero-order chi connectivity index (χ0) is 17.4. The maximum atomic E-state index is 12.1. The van der Waals surface area contributed by atoms with E-state index in [2.05, 4.69) is 31.6 Å². The molecule has 0 saturated carbocycles. The number of aryl methyl sites for hydroxylation is 1. The van der Waals surface area contributed by atoms with Gasteiger partial charge in [0.25, 0.3) is 5.91 Å². The Morgan fingerprint density at radius 3 is 2.62 bits per heavy atom. The van der Waals surface area contributed by atoms with Gasteiger partial charge in [-0.3, -0.25) is 4.79 Å². The quantitative estimate of drug-likeness (QED) is 0.727. The van der Waals surface area contributed by atoms with Gasteiger partial charge in [0.2, 0.25) is 5.95 Å². The normalized spacial score (nSPS) is 10.7. The van der Waals surface area contributed by atoms with Gasteiger partial charge < -0.3 is 15.5 Å². The Morgan fingerprint density at radius 2 is 1.96 bits per heavy atom. The molecule has 1 amide bonds. The molecule has 0 aliphatic heterocycles. The summed E-state index contributed by atoms with van der Waals surface area (Å²) in [4.78, 5) is 22.6. The molecule has 0 aliphatic carbocycles. The SMILES string of the molecule is Cc1cccc(CNC(=O)c2cnc(NCCCN(C)C)nc2)c1. The summed E-state index contributed by atoms with van der Waals surface area (Å²) in [5.41, 5.74) is 2.71. The highest BCUT2D eigenvalue weighted by molar-refractivity contribution is 5.93. The third-order valence-corrected chi connectivity index (χ3v) is 3.51. The van der Waals surface area contributed by atoms with Crippen LogP contribution in [0.25, 0.3) is 0 Å². The average Bonchev–Trinajstić information content (AvgIpc) is 2.57. The minimum atomic E-state index is -0.171. The second-order valence-electron chi connectivity index (χ2n) is 6.05. The van der Waals surface area contributed by atoms with Gasteiger partial charge in [0, 0.05) is 25.5 Å². The molecular weight excluding hydrogens is 302 g/mol. The molecule has 0 unspecified atom stereocenters. The van der Waals surface area contributed by atoms with Gasteiger partial charge in [0.05, 0.1) is 5.56 Å². The Morgan fingerprint density at radius 1 is 1.21 bits per heavy atom. The zero-order valence-electron chi connectivity index (χ0n) is 14.5. The van der Waals surface area contributed by atoms with E-state index in [0.717, 1.165) is 25.1 Å². The Bertz CT molecular complexity index is 655. The lowest BCUT2D eigenvalue weighted by atomic mass is 10.1. The fourth-order valence-electron chi connectivity index (χ4n) is 2.24. The number of rotatable bonds is 8. The third-order valence-electron chi connectivity index (χ3n) is 3.51. The number of carbonyl (C=O) groups excluding carboxylic acids is 1. The molecule has 1 aromatic heterocycles. The van der Waals surface area contributed by atoms with Crippen LogP contribution in [0, 0.1) is 6.92 Å². The van der Waals surface area contributed by atoms with Crippen molar-refractivity contribution in [2.75, 3.05) is 32.5 Å². The Hall–Kier alpha value is -2.47. The van der Waals surface area contributed by atoms with Crippen molar-refractivity contribution in [3.8, 4) is 0 Å². The van der Waals surface area contributed by atoms with Gasteiger partial charge >= 0.3 is 0 Å². The molecule has 24 heavy (non-hydrogen) atoms. The number of hydrogen-bond acceptors (Lipinski definition) is 5. The van der Waals surface area contributed by atoms with Gasteiger partial charge in [-0.2, -0.15) is 0 Å². The molecule has 0 aliphatic rings. The summed E-state index contributed by atoms with van der Waals surface area (Å²) < 4.78 is 0. The number of aromatic nitrogens is 2. The summed E-state index contributed by atoms with van der Waals surface area (Å²) >= 11 is 0. The van der Waals surface area contributed by atoms with Crippen molar-refractivity contribution in [3.05, 3.63) is 53.3 Å². The number of nitrogens with zero attached hydrogens (tertiary/aromatic N) is 3. The van der Waals surface area contributed by atoms with Crippen molar-refractivity contribution in [2.24, 2.45) is 0 Å². The van der Waals surface area contributed by atoms with Crippen LogP contribution in [0.3, 0.4) is 0 Å². The predicted molar refractivity (Wildman–Crippen MR) is 96.0 cm³/mol. The van der Waals surface area contributed by atoms with Crippen LogP contribution in [-0.4, -0.2) is 48.0 Å². The Balaban J connectivity index is 1.80. The third kappa shape index (κ3) is 5.96. The zero-order valence-corrected chi connectivity index (χ0v) is 14.5. The maximum absolute atomic E-state index is 12.1. The fraction of sp³-hybridized carbons (Fsp3) is 0.389. The summed E-state index contributed by atoms with van der Waals surface area (Å²) in [6.45, 7) is 4.33. The van der Waals surface area contributed by atoms with E-state index in [1.54, 1.807) is 12.4 Å². The summed E-state index contributed by atoms with van der Waals surface area (Å²) in [5, 5.41) is 6.03. The fourth-order valence-corrected chi connectivity index (χ4v) is 2.24. The molecule has 0 spiro atoms. The summed E-state index contributed by atoms with van der Waals surface area (Å²) in [7, 11) is 4.08. The van der Waals surface area contributed by atoms with Crippen LogP contribution in [-0.2, 0) is 6.54 Å². The average molecular weight is 327 g/mol. The lowest BCUT2D eigenvalue weighted by Gasteiger charge is -2.10. The van der Waals surface area contributed by atoms with Crippen LogP contribution in [0.5, 0.6) is 0 Å². The molecule has 2 aromatic rings. The monoisotopic (exact) mass is 327 g/mol. The lowest BCUT2D eigenvalue weighted by molar-refractivity contribution is 0.0950. The molecule has 0 bridgehead atoms. The molecule has 2 rings (SSSR count). The van der Waals surface area contributed by atoms with Gasteiger partial charge in [-0.25, -0.2) is 9.97 Å². The van der Waals surface area contributed by atoms with Crippen molar-refractivity contribution in [1.29, 1.82) is 0 Å². The number of amides is 1. The van der Waals surface area contributed by atoms with E-state index in [1.165, 1.54) is 5.56 Å².